The minimum Gasteiger partial charge on any atom is -0.307 e. The minimum atomic E-state index is -0.609. The van der Waals surface area contributed by atoms with Gasteiger partial charge in [-0.25, -0.2) is 9.78 Å². The van der Waals surface area contributed by atoms with E-state index in [1.54, 1.807) is 24.3 Å². The van der Waals surface area contributed by atoms with Gasteiger partial charge in [-0.1, -0.05) is 54.2 Å². The van der Waals surface area contributed by atoms with Crippen molar-refractivity contribution in [2.75, 3.05) is 11.1 Å². The number of urea groups is 1. The molecule has 2 N–H and O–H groups in total. The monoisotopic (exact) mass is 472 g/mol. The fraction of sp³-hybridized carbons (Fsp3) is 0.154. The van der Waals surface area contributed by atoms with Gasteiger partial charge in [-0.2, -0.15) is 0 Å². The molecule has 0 aliphatic rings. The van der Waals surface area contributed by atoms with Gasteiger partial charge in [-0.3, -0.25) is 19.5 Å². The molecule has 0 aliphatic heterocycles. The van der Waals surface area contributed by atoms with Crippen LogP contribution >= 0.6 is 11.8 Å². The molecule has 0 aliphatic carbocycles. The summed E-state index contributed by atoms with van der Waals surface area (Å²) in [6.45, 7) is 5.76. The molecule has 8 heteroatoms. The Morgan fingerprint density at radius 1 is 0.912 bits per heavy atom. The van der Waals surface area contributed by atoms with Crippen LogP contribution in [-0.2, 0) is 4.79 Å². The molecule has 3 aromatic carbocycles. The first-order valence-electron chi connectivity index (χ1n) is 10.7. The van der Waals surface area contributed by atoms with Gasteiger partial charge in [-0.05, 0) is 61.7 Å². The fourth-order valence-electron chi connectivity index (χ4n) is 3.57. The predicted octanol–water partition coefficient (Wildman–Crippen LogP) is 4.75. The topological polar surface area (TPSA) is 93.1 Å². The molecule has 3 amide bonds. The average Bonchev–Trinajstić information content (AvgIpc) is 2.81. The van der Waals surface area contributed by atoms with E-state index in [1.165, 1.54) is 4.57 Å². The molecule has 172 valence electrons. The third-order valence-electron chi connectivity index (χ3n) is 5.54. The molecule has 4 aromatic rings. The Labute approximate surface area is 201 Å². The van der Waals surface area contributed by atoms with Crippen molar-refractivity contribution >= 4 is 40.3 Å². The Morgan fingerprint density at radius 3 is 2.41 bits per heavy atom. The summed E-state index contributed by atoms with van der Waals surface area (Å²) in [6, 6.07) is 19.6. The fourth-order valence-corrected chi connectivity index (χ4v) is 4.37. The number of benzene rings is 3. The molecule has 0 atom stereocenters. The van der Waals surface area contributed by atoms with Crippen molar-refractivity contribution in [3.63, 3.8) is 0 Å². The number of carbonyl (C=O) groups excluding carboxylic acids is 2. The van der Waals surface area contributed by atoms with Crippen molar-refractivity contribution < 1.29 is 9.59 Å². The molecule has 0 saturated carbocycles. The number of anilines is 1. The van der Waals surface area contributed by atoms with Gasteiger partial charge in [-0.15, -0.1) is 0 Å². The largest absolute Gasteiger partial charge is 0.325 e. The van der Waals surface area contributed by atoms with Gasteiger partial charge in [0.15, 0.2) is 5.16 Å². The maximum Gasteiger partial charge on any atom is 0.325 e. The van der Waals surface area contributed by atoms with Crippen LogP contribution in [-0.4, -0.2) is 27.2 Å². The second kappa shape index (κ2) is 9.93. The summed E-state index contributed by atoms with van der Waals surface area (Å²) in [6.07, 6.45) is 0. The highest BCUT2D eigenvalue weighted by atomic mass is 32.2. The second-order valence-electron chi connectivity index (χ2n) is 7.88. The molecule has 0 fully saturated rings. The quantitative estimate of drug-likeness (QED) is 0.323. The summed E-state index contributed by atoms with van der Waals surface area (Å²) >= 11 is 1.10. The average molecular weight is 473 g/mol. The SMILES string of the molecule is Cc1ccccc1-n1c(SCC(=O)NC(=O)Nc2cccc(C)c2C)nc2ccccc2c1=O. The maximum absolute atomic E-state index is 13.3. The van der Waals surface area contributed by atoms with Crippen LogP contribution in [0.25, 0.3) is 16.6 Å². The van der Waals surface area contributed by atoms with Gasteiger partial charge in [0.25, 0.3) is 5.56 Å². The third kappa shape index (κ3) is 4.87. The lowest BCUT2D eigenvalue weighted by Crippen LogP contribution is -2.36. The van der Waals surface area contributed by atoms with Gasteiger partial charge in [0.1, 0.15) is 0 Å². The van der Waals surface area contributed by atoms with Crippen molar-refractivity contribution in [3.8, 4) is 5.69 Å². The standard InChI is InChI=1S/C26H24N4O3S/c1-16-10-8-13-20(18(16)3)27-25(33)29-23(31)15-34-26-28-21-12-6-5-11-19(21)24(32)30(26)22-14-7-4-9-17(22)2/h4-14H,15H2,1-3H3,(H2,27,29,31,33). The van der Waals surface area contributed by atoms with E-state index in [0.29, 0.717) is 27.4 Å². The highest BCUT2D eigenvalue weighted by Gasteiger charge is 2.17. The molecule has 1 aromatic heterocycles. The Kier molecular flexibility index (Phi) is 6.79. The van der Waals surface area contributed by atoms with E-state index in [4.69, 9.17) is 0 Å². The van der Waals surface area contributed by atoms with E-state index < -0.39 is 11.9 Å². The lowest BCUT2D eigenvalue weighted by atomic mass is 10.1. The van der Waals surface area contributed by atoms with Crippen LogP contribution in [0.1, 0.15) is 16.7 Å². The Hall–Kier alpha value is -3.91. The third-order valence-corrected chi connectivity index (χ3v) is 6.48. The number of para-hydroxylation sites is 2. The molecular formula is C26H24N4O3S. The number of nitrogens with one attached hydrogen (secondary N) is 2. The van der Waals surface area contributed by atoms with Crippen molar-refractivity contribution in [2.45, 2.75) is 25.9 Å². The molecule has 7 nitrogen and oxygen atoms in total. The maximum atomic E-state index is 13.3. The Bertz CT molecular complexity index is 1460. The summed E-state index contributed by atoms with van der Waals surface area (Å²) in [7, 11) is 0. The summed E-state index contributed by atoms with van der Waals surface area (Å²) in [5, 5.41) is 5.92. The first-order chi connectivity index (χ1) is 16.3. The number of amides is 3. The number of imide groups is 1. The number of hydrogen-bond donors (Lipinski definition) is 2. The molecule has 0 spiro atoms. The molecule has 34 heavy (non-hydrogen) atoms. The lowest BCUT2D eigenvalue weighted by Gasteiger charge is -2.15. The number of aromatic nitrogens is 2. The number of fused-ring (bicyclic) bond motifs is 1. The highest BCUT2D eigenvalue weighted by Crippen LogP contribution is 2.23. The van der Waals surface area contributed by atoms with Gasteiger partial charge < -0.3 is 5.32 Å². The second-order valence-corrected chi connectivity index (χ2v) is 8.82. The zero-order valence-corrected chi connectivity index (χ0v) is 19.9. The summed E-state index contributed by atoms with van der Waals surface area (Å²) in [4.78, 5) is 42.8. The van der Waals surface area contributed by atoms with E-state index in [2.05, 4.69) is 15.6 Å². The first kappa shape index (κ1) is 23.3. The molecule has 0 bridgehead atoms. The number of aryl methyl sites for hydroxylation is 2. The molecule has 0 saturated heterocycles. The van der Waals surface area contributed by atoms with E-state index in [-0.39, 0.29) is 11.3 Å². The zero-order chi connectivity index (χ0) is 24.2. The van der Waals surface area contributed by atoms with Crippen LogP contribution in [0.15, 0.2) is 76.7 Å². The van der Waals surface area contributed by atoms with Crippen LogP contribution < -0.4 is 16.2 Å². The van der Waals surface area contributed by atoms with Crippen molar-refractivity contribution in [1.82, 2.24) is 14.9 Å². The van der Waals surface area contributed by atoms with Crippen molar-refractivity contribution in [3.05, 3.63) is 93.8 Å². The Balaban J connectivity index is 1.56. The number of nitrogens with zero attached hydrogens (tertiary/aromatic N) is 2. The number of carbonyl (C=O) groups is 2. The zero-order valence-electron chi connectivity index (χ0n) is 19.1. The lowest BCUT2D eigenvalue weighted by molar-refractivity contribution is -0.117. The van der Waals surface area contributed by atoms with Crippen molar-refractivity contribution in [2.24, 2.45) is 0 Å². The molecular weight excluding hydrogens is 448 g/mol. The van der Waals surface area contributed by atoms with Crippen LogP contribution in [0.2, 0.25) is 0 Å². The van der Waals surface area contributed by atoms with Gasteiger partial charge in [0.2, 0.25) is 5.91 Å². The van der Waals surface area contributed by atoms with Crippen LogP contribution in [0, 0.1) is 20.8 Å². The predicted molar refractivity (Wildman–Crippen MR) is 136 cm³/mol. The van der Waals surface area contributed by atoms with E-state index in [1.807, 2.05) is 63.2 Å². The first-order valence-corrected chi connectivity index (χ1v) is 11.7. The molecule has 1 heterocycles. The van der Waals surface area contributed by atoms with E-state index in [0.717, 1.165) is 28.5 Å². The van der Waals surface area contributed by atoms with Crippen LogP contribution in [0.4, 0.5) is 10.5 Å². The number of rotatable bonds is 5. The van der Waals surface area contributed by atoms with Crippen LogP contribution in [0.5, 0.6) is 0 Å². The van der Waals surface area contributed by atoms with Gasteiger partial charge in [0, 0.05) is 5.69 Å². The normalized spacial score (nSPS) is 10.8. The summed E-state index contributed by atoms with van der Waals surface area (Å²) in [5.41, 5.74) is 4.55. The Morgan fingerprint density at radius 2 is 1.62 bits per heavy atom. The summed E-state index contributed by atoms with van der Waals surface area (Å²) < 4.78 is 1.52. The molecule has 4 rings (SSSR count). The smallest absolute Gasteiger partial charge is 0.307 e. The van der Waals surface area contributed by atoms with Gasteiger partial charge in [0.05, 0.1) is 22.3 Å². The van der Waals surface area contributed by atoms with E-state index >= 15 is 0 Å². The molecule has 0 radical (unpaired) electrons. The molecule has 0 unspecified atom stereocenters. The van der Waals surface area contributed by atoms with Crippen LogP contribution in [0.3, 0.4) is 0 Å². The number of hydrogen-bond acceptors (Lipinski definition) is 5. The van der Waals surface area contributed by atoms with Gasteiger partial charge >= 0.3 is 6.03 Å². The number of thioether (sulfide) groups is 1. The highest BCUT2D eigenvalue weighted by molar-refractivity contribution is 7.99. The van der Waals surface area contributed by atoms with Crippen molar-refractivity contribution in [1.29, 1.82) is 0 Å². The minimum absolute atomic E-state index is 0.0864. The summed E-state index contributed by atoms with van der Waals surface area (Å²) in [5.74, 6) is -0.580. The van der Waals surface area contributed by atoms with E-state index in [9.17, 15) is 14.4 Å².